The molecule has 3 rings (SSSR count). The molecule has 1 spiro atoms. The maximum atomic E-state index is 10.1. The average Bonchev–Trinajstić information content (AvgIpc) is 2.42. The highest BCUT2D eigenvalue weighted by molar-refractivity contribution is 4.94. The van der Waals surface area contributed by atoms with E-state index < -0.39 is 0 Å². The molecule has 110 valence electrons. The van der Waals surface area contributed by atoms with Crippen LogP contribution in [0.1, 0.15) is 51.4 Å². The van der Waals surface area contributed by atoms with Crippen molar-refractivity contribution in [3.63, 3.8) is 0 Å². The molecule has 0 radical (unpaired) electrons. The van der Waals surface area contributed by atoms with Crippen LogP contribution in [0.4, 0.5) is 0 Å². The summed E-state index contributed by atoms with van der Waals surface area (Å²) in [5.74, 6) is 0. The molecule has 3 atom stereocenters. The summed E-state index contributed by atoms with van der Waals surface area (Å²) in [6.45, 7) is 2.51. The van der Waals surface area contributed by atoms with Gasteiger partial charge in [0.1, 0.15) is 0 Å². The molecular weight excluding hydrogens is 242 g/mol. The number of nitrogens with one attached hydrogen (secondary N) is 1. The van der Waals surface area contributed by atoms with Gasteiger partial charge in [-0.3, -0.25) is 0 Å². The van der Waals surface area contributed by atoms with Gasteiger partial charge in [0.15, 0.2) is 0 Å². The molecule has 0 amide bonds. The summed E-state index contributed by atoms with van der Waals surface area (Å²) in [5, 5.41) is 13.8. The number of aliphatic hydroxyl groups excluding tert-OH is 1. The van der Waals surface area contributed by atoms with Gasteiger partial charge in [-0.05, 0) is 38.5 Å². The molecular formula is C15H27NO3. The molecule has 2 N–H and O–H groups in total. The number of hydrogen-bond acceptors (Lipinski definition) is 4. The van der Waals surface area contributed by atoms with Gasteiger partial charge in [-0.25, -0.2) is 0 Å². The highest BCUT2D eigenvalue weighted by Gasteiger charge is 2.40. The second kappa shape index (κ2) is 6.08. The van der Waals surface area contributed by atoms with Gasteiger partial charge in [0, 0.05) is 31.9 Å². The third-order valence-electron chi connectivity index (χ3n) is 5.08. The number of ether oxygens (including phenoxy) is 2. The Kier molecular flexibility index (Phi) is 4.42. The molecule has 0 aromatic rings. The number of aliphatic hydroxyl groups is 1. The van der Waals surface area contributed by atoms with Crippen LogP contribution in [-0.4, -0.2) is 48.7 Å². The highest BCUT2D eigenvalue weighted by atomic mass is 16.5. The van der Waals surface area contributed by atoms with Gasteiger partial charge < -0.3 is 19.9 Å². The summed E-state index contributed by atoms with van der Waals surface area (Å²) < 4.78 is 11.5. The first-order valence-electron chi connectivity index (χ1n) is 7.93. The zero-order valence-corrected chi connectivity index (χ0v) is 11.8. The minimum atomic E-state index is -0.151. The van der Waals surface area contributed by atoms with Crippen molar-refractivity contribution in [3.05, 3.63) is 0 Å². The Morgan fingerprint density at radius 2 is 1.79 bits per heavy atom. The van der Waals surface area contributed by atoms with Crippen molar-refractivity contribution < 1.29 is 14.6 Å². The first-order chi connectivity index (χ1) is 9.27. The number of hydrogen-bond donors (Lipinski definition) is 2. The fourth-order valence-corrected chi connectivity index (χ4v) is 3.87. The van der Waals surface area contributed by atoms with E-state index in [4.69, 9.17) is 9.47 Å². The van der Waals surface area contributed by atoms with Gasteiger partial charge in [0.25, 0.3) is 0 Å². The summed E-state index contributed by atoms with van der Waals surface area (Å²) in [6, 6.07) is 0.804. The van der Waals surface area contributed by atoms with Gasteiger partial charge in [-0.1, -0.05) is 12.8 Å². The van der Waals surface area contributed by atoms with Crippen LogP contribution in [0.25, 0.3) is 0 Å². The molecule has 3 aliphatic rings. The number of rotatable bonds is 2. The zero-order valence-electron chi connectivity index (χ0n) is 11.8. The maximum Gasteiger partial charge on any atom is 0.0741 e. The van der Waals surface area contributed by atoms with E-state index in [1.54, 1.807) is 0 Å². The van der Waals surface area contributed by atoms with Crippen LogP contribution in [0, 0.1) is 0 Å². The summed E-state index contributed by atoms with van der Waals surface area (Å²) in [6.07, 6.45) is 8.56. The lowest BCUT2D eigenvalue weighted by Gasteiger charge is -2.45. The minimum absolute atomic E-state index is 0.0494. The second-order valence-corrected chi connectivity index (χ2v) is 6.46. The monoisotopic (exact) mass is 269 g/mol. The first-order valence-corrected chi connectivity index (χ1v) is 7.93. The SMILES string of the molecule is OC1CCCCC1NC1CCOC2(CCOCC2)C1. The van der Waals surface area contributed by atoms with Crippen molar-refractivity contribution in [1.82, 2.24) is 5.32 Å². The molecule has 0 aromatic carbocycles. The molecule has 1 saturated carbocycles. The second-order valence-electron chi connectivity index (χ2n) is 6.46. The van der Waals surface area contributed by atoms with E-state index in [1.165, 1.54) is 12.8 Å². The fraction of sp³-hybridized carbons (Fsp3) is 1.00. The minimum Gasteiger partial charge on any atom is -0.392 e. The van der Waals surface area contributed by atoms with Crippen LogP contribution in [0.5, 0.6) is 0 Å². The largest absolute Gasteiger partial charge is 0.392 e. The van der Waals surface area contributed by atoms with E-state index in [1.807, 2.05) is 0 Å². The predicted molar refractivity (Wildman–Crippen MR) is 73.2 cm³/mol. The Morgan fingerprint density at radius 3 is 2.58 bits per heavy atom. The van der Waals surface area contributed by atoms with E-state index >= 15 is 0 Å². The molecule has 0 aromatic heterocycles. The molecule has 2 saturated heterocycles. The van der Waals surface area contributed by atoms with Crippen molar-refractivity contribution >= 4 is 0 Å². The molecule has 4 nitrogen and oxygen atoms in total. The molecule has 2 aliphatic heterocycles. The third kappa shape index (κ3) is 3.30. The Labute approximate surface area is 115 Å². The fourth-order valence-electron chi connectivity index (χ4n) is 3.87. The van der Waals surface area contributed by atoms with E-state index in [0.717, 1.165) is 58.3 Å². The Morgan fingerprint density at radius 1 is 1.00 bits per heavy atom. The van der Waals surface area contributed by atoms with Crippen LogP contribution in [0.2, 0.25) is 0 Å². The van der Waals surface area contributed by atoms with E-state index in [2.05, 4.69) is 5.32 Å². The van der Waals surface area contributed by atoms with Gasteiger partial charge in [0.05, 0.1) is 11.7 Å². The van der Waals surface area contributed by atoms with E-state index in [-0.39, 0.29) is 11.7 Å². The molecule has 4 heteroatoms. The maximum absolute atomic E-state index is 10.1. The third-order valence-corrected chi connectivity index (χ3v) is 5.08. The topological polar surface area (TPSA) is 50.7 Å². The van der Waals surface area contributed by atoms with Gasteiger partial charge in [-0.15, -0.1) is 0 Å². The molecule has 0 bridgehead atoms. The van der Waals surface area contributed by atoms with Crippen LogP contribution >= 0.6 is 0 Å². The van der Waals surface area contributed by atoms with Crippen LogP contribution < -0.4 is 5.32 Å². The van der Waals surface area contributed by atoms with Crippen molar-refractivity contribution in [2.75, 3.05) is 19.8 Å². The van der Waals surface area contributed by atoms with Crippen molar-refractivity contribution in [2.45, 2.75) is 75.2 Å². The zero-order chi connectivity index (χ0) is 13.1. The Balaban J connectivity index is 1.55. The van der Waals surface area contributed by atoms with Crippen molar-refractivity contribution in [3.8, 4) is 0 Å². The quantitative estimate of drug-likeness (QED) is 0.799. The van der Waals surface area contributed by atoms with E-state index in [9.17, 15) is 5.11 Å². The normalized spacial score (nSPS) is 39.3. The van der Waals surface area contributed by atoms with Crippen molar-refractivity contribution in [1.29, 1.82) is 0 Å². The molecule has 1 aliphatic carbocycles. The molecule has 3 unspecified atom stereocenters. The summed E-state index contributed by atoms with van der Waals surface area (Å²) in [5.41, 5.74) is 0.0494. The summed E-state index contributed by atoms with van der Waals surface area (Å²) in [7, 11) is 0. The van der Waals surface area contributed by atoms with Gasteiger partial charge in [0.2, 0.25) is 0 Å². The molecule has 2 heterocycles. The van der Waals surface area contributed by atoms with Crippen LogP contribution in [0.15, 0.2) is 0 Å². The van der Waals surface area contributed by atoms with Crippen LogP contribution in [-0.2, 0) is 9.47 Å². The smallest absolute Gasteiger partial charge is 0.0741 e. The molecule has 3 fully saturated rings. The lowest BCUT2D eigenvalue weighted by atomic mass is 9.83. The van der Waals surface area contributed by atoms with E-state index in [0.29, 0.717) is 12.1 Å². The van der Waals surface area contributed by atoms with Gasteiger partial charge >= 0.3 is 0 Å². The lowest BCUT2D eigenvalue weighted by molar-refractivity contribution is -0.142. The Hall–Kier alpha value is -0.160. The standard InChI is InChI=1S/C15H27NO3/c17-14-4-2-1-3-13(14)16-12-5-8-19-15(11-12)6-9-18-10-7-15/h12-14,16-17H,1-11H2. The summed E-state index contributed by atoms with van der Waals surface area (Å²) in [4.78, 5) is 0. The van der Waals surface area contributed by atoms with Crippen molar-refractivity contribution in [2.24, 2.45) is 0 Å². The Bertz CT molecular complexity index is 286. The van der Waals surface area contributed by atoms with Gasteiger partial charge in [-0.2, -0.15) is 0 Å². The highest BCUT2D eigenvalue weighted by Crippen LogP contribution is 2.34. The molecule has 19 heavy (non-hydrogen) atoms. The predicted octanol–water partition coefficient (Wildman–Crippen LogP) is 1.61. The lowest BCUT2D eigenvalue weighted by Crippen LogP contribution is -2.54. The average molecular weight is 269 g/mol. The first kappa shape index (κ1) is 13.8. The summed E-state index contributed by atoms with van der Waals surface area (Å²) >= 11 is 0. The van der Waals surface area contributed by atoms with Crippen LogP contribution in [0.3, 0.4) is 0 Å².